The number of anilines is 1. The van der Waals surface area contributed by atoms with E-state index in [1.54, 1.807) is 7.11 Å². The molecule has 0 aromatic heterocycles. The van der Waals surface area contributed by atoms with Crippen molar-refractivity contribution < 1.29 is 18.3 Å². The van der Waals surface area contributed by atoms with Gasteiger partial charge in [-0.15, -0.1) is 0 Å². The third kappa shape index (κ3) is 3.25. The number of allylic oxidation sites excluding steroid dienone is 1. The van der Waals surface area contributed by atoms with Crippen LogP contribution >= 0.6 is 0 Å². The molecule has 2 aliphatic rings. The van der Waals surface area contributed by atoms with Gasteiger partial charge in [-0.3, -0.25) is 0 Å². The number of methoxy groups -OCH3 is 1. The Hall–Kier alpha value is -3.60. The van der Waals surface area contributed by atoms with E-state index in [4.69, 9.17) is 9.47 Å². The van der Waals surface area contributed by atoms with E-state index in [2.05, 4.69) is 25.2 Å². The molecule has 0 unspecified atom stereocenters. The van der Waals surface area contributed by atoms with Gasteiger partial charge in [0, 0.05) is 34.0 Å². The average Bonchev–Trinajstić information content (AvgIpc) is 2.73. The molecule has 0 fully saturated rings. The van der Waals surface area contributed by atoms with Crippen LogP contribution in [0.3, 0.4) is 0 Å². The third-order valence-corrected chi connectivity index (χ3v) is 5.82. The number of benzene rings is 3. The van der Waals surface area contributed by atoms with Crippen LogP contribution in [-0.4, -0.2) is 12.6 Å². The first kappa shape index (κ1) is 20.3. The lowest BCUT2D eigenvalue weighted by atomic mass is 9.83. The molecule has 3 aromatic carbocycles. The van der Waals surface area contributed by atoms with Gasteiger partial charge in [0.15, 0.2) is 11.6 Å². The fourth-order valence-electron chi connectivity index (χ4n) is 4.65. The first-order valence-corrected chi connectivity index (χ1v) is 10.4. The van der Waals surface area contributed by atoms with Crippen molar-refractivity contribution >= 4 is 23.1 Å². The Kier molecular flexibility index (Phi) is 4.59. The van der Waals surface area contributed by atoms with Crippen LogP contribution in [-0.2, 0) is 0 Å². The van der Waals surface area contributed by atoms with E-state index in [1.165, 1.54) is 6.07 Å². The van der Waals surface area contributed by atoms with Crippen LogP contribution in [0.5, 0.6) is 11.5 Å². The predicted molar refractivity (Wildman–Crippen MR) is 125 cm³/mol. The second-order valence-electron chi connectivity index (χ2n) is 8.70. The highest BCUT2D eigenvalue weighted by Gasteiger charge is 2.32. The molecule has 5 rings (SSSR count). The molecule has 0 amide bonds. The van der Waals surface area contributed by atoms with E-state index in [0.717, 1.165) is 39.6 Å². The summed E-state index contributed by atoms with van der Waals surface area (Å²) >= 11 is 0. The fraction of sp³-hybridized carbons (Fsp3) is 0.185. The summed E-state index contributed by atoms with van der Waals surface area (Å²) in [5, 5.41) is 3.54. The van der Waals surface area contributed by atoms with E-state index in [-0.39, 0.29) is 11.3 Å². The number of fused-ring (bicyclic) bond motifs is 5. The maximum absolute atomic E-state index is 14.8. The summed E-state index contributed by atoms with van der Waals surface area (Å²) in [6, 6.07) is 13.6. The number of para-hydroxylation sites is 1. The predicted octanol–water partition coefficient (Wildman–Crippen LogP) is 7.14. The van der Waals surface area contributed by atoms with Crippen LogP contribution in [0.4, 0.5) is 14.5 Å². The molecule has 2 aliphatic heterocycles. The number of rotatable bonds is 2. The number of ether oxygens (including phenoxy) is 2. The molecule has 162 valence electrons. The molecule has 0 saturated carbocycles. The summed E-state index contributed by atoms with van der Waals surface area (Å²) in [4.78, 5) is 0. The minimum absolute atomic E-state index is 0.0192. The zero-order chi connectivity index (χ0) is 22.6. The van der Waals surface area contributed by atoms with Crippen molar-refractivity contribution in [3.05, 3.63) is 82.9 Å². The van der Waals surface area contributed by atoms with Gasteiger partial charge in [-0.2, -0.15) is 0 Å². The summed E-state index contributed by atoms with van der Waals surface area (Å²) in [5.74, 6) is -0.204. The highest BCUT2D eigenvalue weighted by Crippen LogP contribution is 2.50. The molecule has 2 heterocycles. The summed E-state index contributed by atoms with van der Waals surface area (Å²) in [6.07, 6.45) is 3.99. The average molecular weight is 431 g/mol. The van der Waals surface area contributed by atoms with Gasteiger partial charge >= 0.3 is 0 Å². The second kappa shape index (κ2) is 7.23. The normalized spacial score (nSPS) is 16.8. The SMILES string of the molecule is COc1ccccc1C=C1Oc2c(F)cc(F)cc2-c2ccc3c(c21)C(C)=CC(C)(C)N3. The Morgan fingerprint density at radius 1 is 1.00 bits per heavy atom. The zero-order valence-electron chi connectivity index (χ0n) is 18.3. The van der Waals surface area contributed by atoms with E-state index in [9.17, 15) is 8.78 Å². The van der Waals surface area contributed by atoms with E-state index in [1.807, 2.05) is 49.4 Å². The Morgan fingerprint density at radius 2 is 1.78 bits per heavy atom. The van der Waals surface area contributed by atoms with E-state index in [0.29, 0.717) is 17.1 Å². The zero-order valence-corrected chi connectivity index (χ0v) is 18.3. The van der Waals surface area contributed by atoms with Gasteiger partial charge in [0.25, 0.3) is 0 Å². The topological polar surface area (TPSA) is 30.5 Å². The van der Waals surface area contributed by atoms with Crippen molar-refractivity contribution in [3.63, 3.8) is 0 Å². The van der Waals surface area contributed by atoms with E-state index < -0.39 is 11.6 Å². The summed E-state index contributed by atoms with van der Waals surface area (Å²) < 4.78 is 40.5. The standard InChI is InChI=1S/C27H23F2NO2/c1-15-14-27(2,3)30-21-10-9-18-19-12-17(28)13-20(29)26(19)32-23(25(18)24(15)21)11-16-7-5-6-8-22(16)31-4/h5-14,30H,1-4H3. The van der Waals surface area contributed by atoms with Crippen molar-refractivity contribution in [2.24, 2.45) is 0 Å². The Bertz CT molecular complexity index is 1320. The second-order valence-corrected chi connectivity index (χ2v) is 8.70. The lowest BCUT2D eigenvalue weighted by Gasteiger charge is -2.35. The van der Waals surface area contributed by atoms with Crippen molar-refractivity contribution in [2.75, 3.05) is 12.4 Å². The number of nitrogens with one attached hydrogen (secondary N) is 1. The quantitative estimate of drug-likeness (QED) is 0.468. The lowest BCUT2D eigenvalue weighted by Crippen LogP contribution is -2.32. The smallest absolute Gasteiger partial charge is 0.171 e. The maximum atomic E-state index is 14.8. The molecule has 3 aromatic rings. The van der Waals surface area contributed by atoms with E-state index >= 15 is 0 Å². The Labute approximate surface area is 186 Å². The van der Waals surface area contributed by atoms with Gasteiger partial charge in [0.1, 0.15) is 17.3 Å². The molecule has 3 nitrogen and oxygen atoms in total. The van der Waals surface area contributed by atoms with Gasteiger partial charge < -0.3 is 14.8 Å². The molecule has 0 bridgehead atoms. The van der Waals surface area contributed by atoms with Gasteiger partial charge in [-0.25, -0.2) is 8.78 Å². The van der Waals surface area contributed by atoms with Crippen molar-refractivity contribution in [1.82, 2.24) is 0 Å². The molecule has 1 N–H and O–H groups in total. The van der Waals surface area contributed by atoms with Crippen molar-refractivity contribution in [1.29, 1.82) is 0 Å². The molecular weight excluding hydrogens is 408 g/mol. The molecule has 0 spiro atoms. The maximum Gasteiger partial charge on any atom is 0.171 e. The fourth-order valence-corrected chi connectivity index (χ4v) is 4.65. The van der Waals surface area contributed by atoms with Gasteiger partial charge in [0.2, 0.25) is 0 Å². The number of hydrogen-bond donors (Lipinski definition) is 1. The summed E-state index contributed by atoms with van der Waals surface area (Å²) in [5.41, 5.74) is 5.46. The molecule has 32 heavy (non-hydrogen) atoms. The molecule has 0 saturated heterocycles. The first-order valence-electron chi connectivity index (χ1n) is 10.4. The highest BCUT2D eigenvalue weighted by molar-refractivity contribution is 6.00. The first-order chi connectivity index (χ1) is 15.3. The monoisotopic (exact) mass is 431 g/mol. The number of halogens is 2. The molecule has 0 atom stereocenters. The lowest BCUT2D eigenvalue weighted by molar-refractivity contribution is 0.413. The largest absolute Gasteiger partial charge is 0.496 e. The number of hydrogen-bond acceptors (Lipinski definition) is 3. The molecule has 5 heteroatoms. The van der Waals surface area contributed by atoms with Crippen LogP contribution < -0.4 is 14.8 Å². The van der Waals surface area contributed by atoms with Crippen LogP contribution in [0.1, 0.15) is 37.5 Å². The van der Waals surface area contributed by atoms with Crippen LogP contribution in [0.25, 0.3) is 28.5 Å². The third-order valence-electron chi connectivity index (χ3n) is 5.82. The molecular formula is C27H23F2NO2. The minimum atomic E-state index is -0.735. The summed E-state index contributed by atoms with van der Waals surface area (Å²) in [7, 11) is 1.60. The van der Waals surface area contributed by atoms with Crippen LogP contribution in [0.2, 0.25) is 0 Å². The van der Waals surface area contributed by atoms with Crippen LogP contribution in [0, 0.1) is 11.6 Å². The van der Waals surface area contributed by atoms with Crippen LogP contribution in [0.15, 0.2) is 54.6 Å². The van der Waals surface area contributed by atoms with Gasteiger partial charge in [0.05, 0.1) is 12.6 Å². The van der Waals surface area contributed by atoms with Crippen molar-refractivity contribution in [3.8, 4) is 22.6 Å². The minimum Gasteiger partial charge on any atom is -0.496 e. The summed E-state index contributed by atoms with van der Waals surface area (Å²) in [6.45, 7) is 6.24. The van der Waals surface area contributed by atoms with Gasteiger partial charge in [-0.05, 0) is 56.2 Å². The van der Waals surface area contributed by atoms with Gasteiger partial charge in [-0.1, -0.05) is 30.3 Å². The Morgan fingerprint density at radius 3 is 2.56 bits per heavy atom. The molecule has 0 aliphatic carbocycles. The molecule has 0 radical (unpaired) electrons. The van der Waals surface area contributed by atoms with Crippen molar-refractivity contribution in [2.45, 2.75) is 26.3 Å². The Balaban J connectivity index is 1.84. The highest BCUT2D eigenvalue weighted by atomic mass is 19.1.